The zero-order chi connectivity index (χ0) is 12.8. The van der Waals surface area contributed by atoms with Crippen molar-refractivity contribution in [2.75, 3.05) is 13.2 Å². The molecule has 1 aliphatic heterocycles. The van der Waals surface area contributed by atoms with E-state index in [-0.39, 0.29) is 0 Å². The highest BCUT2D eigenvalue weighted by atomic mass is 16.7. The number of rotatable bonds is 1. The van der Waals surface area contributed by atoms with Gasteiger partial charge in [-0.15, -0.1) is 0 Å². The Hall–Kier alpha value is -0.940. The van der Waals surface area contributed by atoms with Gasteiger partial charge in [-0.25, -0.2) is 0 Å². The summed E-state index contributed by atoms with van der Waals surface area (Å²) < 4.78 is 11.4. The van der Waals surface area contributed by atoms with E-state index in [1.54, 1.807) is 0 Å². The van der Waals surface area contributed by atoms with E-state index >= 15 is 0 Å². The number of nitrogens with two attached hydrogens (primary N) is 1. The zero-order valence-corrected chi connectivity index (χ0v) is 10.6. The molecule has 1 aromatic rings. The fraction of sp³-hybridized carbons (Fsp3) is 0.571. The van der Waals surface area contributed by atoms with Crippen LogP contribution in [0.3, 0.4) is 0 Å². The molecule has 2 unspecified atom stereocenters. The van der Waals surface area contributed by atoms with Gasteiger partial charge >= 0.3 is 0 Å². The molecule has 0 aromatic heterocycles. The van der Waals surface area contributed by atoms with E-state index in [2.05, 4.69) is 0 Å². The molecular formula is C14H19NO3. The highest BCUT2D eigenvalue weighted by molar-refractivity contribution is 5.35. The molecule has 4 nitrogen and oxygen atoms in total. The normalized spacial score (nSPS) is 34.3. The molecule has 1 saturated heterocycles. The number of fused-ring (bicyclic) bond motifs is 1. The average molecular weight is 249 g/mol. The van der Waals surface area contributed by atoms with Crippen LogP contribution in [0.4, 0.5) is 0 Å². The quantitative estimate of drug-likeness (QED) is 0.783. The van der Waals surface area contributed by atoms with Crippen LogP contribution in [0.15, 0.2) is 24.3 Å². The summed E-state index contributed by atoms with van der Waals surface area (Å²) >= 11 is 0. The highest BCUT2D eigenvalue weighted by Gasteiger charge is 2.53. The van der Waals surface area contributed by atoms with Crippen molar-refractivity contribution >= 4 is 0 Å². The molecule has 4 heteroatoms. The van der Waals surface area contributed by atoms with Crippen molar-refractivity contribution in [1.29, 1.82) is 0 Å². The standard InChI is InChI=1S/C14H19NO3/c1-13(17-6-7-18-13)14(15)8-10-4-2-3-5-11(10)12(16)9-14/h2-5,12,16H,6-9,15H2,1H3. The van der Waals surface area contributed by atoms with Gasteiger partial charge in [-0.3, -0.25) is 0 Å². The Morgan fingerprint density at radius 2 is 1.94 bits per heavy atom. The van der Waals surface area contributed by atoms with Crippen LogP contribution in [0.2, 0.25) is 0 Å². The Labute approximate surface area is 107 Å². The third-order valence-corrected chi connectivity index (χ3v) is 4.22. The third kappa shape index (κ3) is 1.68. The Morgan fingerprint density at radius 3 is 2.67 bits per heavy atom. The van der Waals surface area contributed by atoms with Crippen LogP contribution >= 0.6 is 0 Å². The van der Waals surface area contributed by atoms with E-state index in [9.17, 15) is 5.11 Å². The first-order chi connectivity index (χ1) is 8.54. The van der Waals surface area contributed by atoms with E-state index in [0.29, 0.717) is 26.1 Å². The van der Waals surface area contributed by atoms with Crippen LogP contribution in [-0.4, -0.2) is 29.6 Å². The lowest BCUT2D eigenvalue weighted by Crippen LogP contribution is -2.63. The molecule has 2 aliphatic rings. The molecule has 3 N–H and O–H groups in total. The molecule has 1 fully saturated rings. The van der Waals surface area contributed by atoms with Crippen molar-refractivity contribution in [2.45, 2.75) is 37.2 Å². The molecule has 1 aliphatic carbocycles. The van der Waals surface area contributed by atoms with Crippen LogP contribution < -0.4 is 5.73 Å². The van der Waals surface area contributed by atoms with Gasteiger partial charge in [-0.1, -0.05) is 24.3 Å². The molecule has 1 aromatic carbocycles. The number of benzene rings is 1. The number of hydrogen-bond donors (Lipinski definition) is 2. The van der Waals surface area contributed by atoms with Crippen molar-refractivity contribution in [3.8, 4) is 0 Å². The van der Waals surface area contributed by atoms with E-state index in [1.165, 1.54) is 0 Å². The van der Waals surface area contributed by atoms with Gasteiger partial charge in [0.15, 0.2) is 5.79 Å². The number of ether oxygens (including phenoxy) is 2. The second-order valence-electron chi connectivity index (χ2n) is 5.39. The zero-order valence-electron chi connectivity index (χ0n) is 10.6. The minimum atomic E-state index is -0.804. The van der Waals surface area contributed by atoms with Crippen molar-refractivity contribution in [3.63, 3.8) is 0 Å². The summed E-state index contributed by atoms with van der Waals surface area (Å²) in [5, 5.41) is 10.3. The fourth-order valence-electron chi connectivity index (χ4n) is 3.04. The van der Waals surface area contributed by atoms with Crippen molar-refractivity contribution in [3.05, 3.63) is 35.4 Å². The molecule has 1 heterocycles. The maximum atomic E-state index is 10.3. The molecule has 18 heavy (non-hydrogen) atoms. The third-order valence-electron chi connectivity index (χ3n) is 4.22. The summed E-state index contributed by atoms with van der Waals surface area (Å²) in [6.45, 7) is 3.00. The minimum Gasteiger partial charge on any atom is -0.388 e. The Balaban J connectivity index is 1.97. The Morgan fingerprint density at radius 1 is 1.28 bits per heavy atom. The maximum Gasteiger partial charge on any atom is 0.184 e. The van der Waals surface area contributed by atoms with Gasteiger partial charge in [-0.2, -0.15) is 0 Å². The molecule has 0 spiro atoms. The van der Waals surface area contributed by atoms with Gasteiger partial charge in [-0.05, 0) is 24.5 Å². The van der Waals surface area contributed by atoms with Crippen LogP contribution in [0.5, 0.6) is 0 Å². The van der Waals surface area contributed by atoms with Crippen LogP contribution in [0.25, 0.3) is 0 Å². The van der Waals surface area contributed by atoms with Crippen molar-refractivity contribution in [1.82, 2.24) is 0 Å². The fourth-order valence-corrected chi connectivity index (χ4v) is 3.04. The summed E-state index contributed by atoms with van der Waals surface area (Å²) in [6, 6.07) is 7.88. The molecule has 2 atom stereocenters. The molecule has 0 saturated carbocycles. The summed E-state index contributed by atoms with van der Waals surface area (Å²) in [7, 11) is 0. The first-order valence-corrected chi connectivity index (χ1v) is 6.37. The predicted molar refractivity (Wildman–Crippen MR) is 67.0 cm³/mol. The first-order valence-electron chi connectivity index (χ1n) is 6.37. The topological polar surface area (TPSA) is 64.7 Å². The minimum absolute atomic E-state index is 0.459. The number of aliphatic hydroxyl groups is 1. The molecule has 0 radical (unpaired) electrons. The molecule has 0 amide bonds. The lowest BCUT2D eigenvalue weighted by molar-refractivity contribution is -0.200. The molecule has 0 bridgehead atoms. The lowest BCUT2D eigenvalue weighted by atomic mass is 9.72. The summed E-state index contributed by atoms with van der Waals surface area (Å²) in [5.74, 6) is -0.804. The van der Waals surface area contributed by atoms with E-state index in [0.717, 1.165) is 11.1 Å². The second kappa shape index (κ2) is 4.03. The van der Waals surface area contributed by atoms with E-state index in [4.69, 9.17) is 15.2 Å². The maximum absolute atomic E-state index is 10.3. The van der Waals surface area contributed by atoms with E-state index < -0.39 is 17.4 Å². The smallest absolute Gasteiger partial charge is 0.184 e. The second-order valence-corrected chi connectivity index (χ2v) is 5.39. The largest absolute Gasteiger partial charge is 0.388 e. The predicted octanol–water partition coefficient (Wildman–Crippen LogP) is 1.13. The van der Waals surface area contributed by atoms with Gasteiger partial charge in [0.2, 0.25) is 0 Å². The van der Waals surface area contributed by atoms with Crippen molar-refractivity contribution in [2.24, 2.45) is 5.73 Å². The number of hydrogen-bond acceptors (Lipinski definition) is 4. The summed E-state index contributed by atoms with van der Waals surface area (Å²) in [4.78, 5) is 0. The first kappa shape index (κ1) is 12.1. The van der Waals surface area contributed by atoms with Gasteiger partial charge in [0.25, 0.3) is 0 Å². The van der Waals surface area contributed by atoms with Gasteiger partial charge in [0.1, 0.15) is 0 Å². The van der Waals surface area contributed by atoms with Crippen molar-refractivity contribution < 1.29 is 14.6 Å². The van der Waals surface area contributed by atoms with Gasteiger partial charge in [0.05, 0.1) is 24.9 Å². The monoisotopic (exact) mass is 249 g/mol. The summed E-state index contributed by atoms with van der Waals surface area (Å²) in [5.41, 5.74) is 7.87. The van der Waals surface area contributed by atoms with Crippen LogP contribution in [0, 0.1) is 0 Å². The Kier molecular flexibility index (Phi) is 2.71. The van der Waals surface area contributed by atoms with Gasteiger partial charge in [0, 0.05) is 6.42 Å². The summed E-state index contributed by atoms with van der Waals surface area (Å²) in [6.07, 6.45) is 0.571. The molecule has 98 valence electrons. The SMILES string of the molecule is CC1(C2(N)Cc3ccccc3C(O)C2)OCCO1. The molecule has 3 rings (SSSR count). The van der Waals surface area contributed by atoms with Crippen LogP contribution in [0.1, 0.15) is 30.6 Å². The Bertz CT molecular complexity index is 456. The van der Waals surface area contributed by atoms with E-state index in [1.807, 2.05) is 31.2 Å². The van der Waals surface area contributed by atoms with Crippen LogP contribution in [-0.2, 0) is 15.9 Å². The lowest BCUT2D eigenvalue weighted by Gasteiger charge is -2.46. The van der Waals surface area contributed by atoms with Gasteiger partial charge < -0.3 is 20.3 Å². The number of aliphatic hydroxyl groups excluding tert-OH is 1. The average Bonchev–Trinajstić information content (AvgIpc) is 2.78. The molecular weight excluding hydrogens is 230 g/mol. The highest BCUT2D eigenvalue weighted by Crippen LogP contribution is 2.43.